The van der Waals surface area contributed by atoms with Gasteiger partial charge in [-0.15, -0.1) is 11.8 Å². The van der Waals surface area contributed by atoms with Crippen molar-refractivity contribution < 1.29 is 4.79 Å². The quantitative estimate of drug-likeness (QED) is 0.263. The van der Waals surface area contributed by atoms with Gasteiger partial charge in [0.05, 0.1) is 0 Å². The number of hydrogen-bond donors (Lipinski definition) is 0. The van der Waals surface area contributed by atoms with Crippen LogP contribution >= 0.6 is 47.0 Å². The standard InChI is InChI=1S/C23H20OS4/c1-3-23(24)26-16-17-6-4-5-7-22(17)28-21-14-12-20(13-15-21)27-19-10-8-18(25-2)9-11-19/h3-15H,1,16H2,2H3. The second-order valence-corrected chi connectivity index (χ2v) is 9.89. The lowest BCUT2D eigenvalue weighted by molar-refractivity contribution is -0.107. The van der Waals surface area contributed by atoms with Gasteiger partial charge in [-0.25, -0.2) is 0 Å². The van der Waals surface area contributed by atoms with Crippen LogP contribution in [-0.4, -0.2) is 11.4 Å². The van der Waals surface area contributed by atoms with Crippen LogP contribution < -0.4 is 0 Å². The highest BCUT2D eigenvalue weighted by molar-refractivity contribution is 8.13. The lowest BCUT2D eigenvalue weighted by Crippen LogP contribution is -1.89. The molecule has 0 aromatic heterocycles. The summed E-state index contributed by atoms with van der Waals surface area (Å²) >= 11 is 6.54. The number of benzene rings is 3. The molecule has 3 rings (SSSR count). The van der Waals surface area contributed by atoms with Crippen molar-refractivity contribution in [2.24, 2.45) is 0 Å². The fourth-order valence-electron chi connectivity index (χ4n) is 2.41. The monoisotopic (exact) mass is 440 g/mol. The van der Waals surface area contributed by atoms with Crippen LogP contribution in [0.1, 0.15) is 5.56 Å². The topological polar surface area (TPSA) is 17.1 Å². The molecule has 5 heteroatoms. The molecule has 0 saturated carbocycles. The Hall–Kier alpha value is -1.53. The minimum Gasteiger partial charge on any atom is -0.282 e. The molecule has 0 heterocycles. The van der Waals surface area contributed by atoms with Crippen LogP contribution in [0.3, 0.4) is 0 Å². The van der Waals surface area contributed by atoms with Crippen molar-refractivity contribution in [1.29, 1.82) is 0 Å². The molecule has 0 bridgehead atoms. The smallest absolute Gasteiger partial charge is 0.211 e. The number of carbonyl (C=O) groups excluding carboxylic acids is 1. The first-order valence-electron chi connectivity index (χ1n) is 8.65. The molecule has 0 aliphatic carbocycles. The van der Waals surface area contributed by atoms with Crippen LogP contribution in [0.5, 0.6) is 0 Å². The molecule has 0 unspecified atom stereocenters. The summed E-state index contributed by atoms with van der Waals surface area (Å²) in [6, 6.07) is 25.5. The van der Waals surface area contributed by atoms with Gasteiger partial charge in [0.25, 0.3) is 0 Å². The third-order valence-electron chi connectivity index (χ3n) is 3.86. The first kappa shape index (κ1) is 21.2. The molecule has 3 aromatic rings. The zero-order chi connectivity index (χ0) is 19.8. The Balaban J connectivity index is 1.65. The van der Waals surface area contributed by atoms with Crippen LogP contribution in [-0.2, 0) is 10.5 Å². The van der Waals surface area contributed by atoms with E-state index in [1.807, 2.05) is 12.1 Å². The molecule has 0 N–H and O–H groups in total. The van der Waals surface area contributed by atoms with Gasteiger partial charge < -0.3 is 0 Å². The zero-order valence-corrected chi connectivity index (χ0v) is 18.7. The Labute approximate surface area is 183 Å². The maximum Gasteiger partial charge on any atom is 0.211 e. The molecule has 142 valence electrons. The number of hydrogen-bond acceptors (Lipinski definition) is 5. The Morgan fingerprint density at radius 3 is 1.93 bits per heavy atom. The summed E-state index contributed by atoms with van der Waals surface area (Å²) in [5, 5.41) is 0.00624. The summed E-state index contributed by atoms with van der Waals surface area (Å²) in [4.78, 5) is 17.6. The Morgan fingerprint density at radius 2 is 1.36 bits per heavy atom. The number of thioether (sulfide) groups is 2. The van der Waals surface area contributed by atoms with Gasteiger partial charge in [-0.2, -0.15) is 0 Å². The molecule has 28 heavy (non-hydrogen) atoms. The van der Waals surface area contributed by atoms with E-state index in [0.29, 0.717) is 5.75 Å². The molecule has 0 aliphatic heterocycles. The maximum absolute atomic E-state index is 11.5. The van der Waals surface area contributed by atoms with Crippen molar-refractivity contribution in [3.8, 4) is 0 Å². The predicted molar refractivity (Wildman–Crippen MR) is 126 cm³/mol. The zero-order valence-electron chi connectivity index (χ0n) is 15.5. The molecule has 0 saturated heterocycles. The molecule has 0 atom stereocenters. The fraction of sp³-hybridized carbons (Fsp3) is 0.0870. The lowest BCUT2D eigenvalue weighted by atomic mass is 10.2. The van der Waals surface area contributed by atoms with E-state index in [1.54, 1.807) is 35.3 Å². The van der Waals surface area contributed by atoms with Gasteiger partial charge in [-0.05, 0) is 72.5 Å². The van der Waals surface area contributed by atoms with Gasteiger partial charge >= 0.3 is 0 Å². The highest BCUT2D eigenvalue weighted by Crippen LogP contribution is 2.35. The van der Waals surface area contributed by atoms with Crippen molar-refractivity contribution >= 4 is 52.2 Å². The summed E-state index contributed by atoms with van der Waals surface area (Å²) in [6.07, 6.45) is 3.46. The SMILES string of the molecule is C=CC(=O)SCc1ccccc1Sc1ccc(Sc2ccc(SC)cc2)cc1. The van der Waals surface area contributed by atoms with E-state index in [4.69, 9.17) is 0 Å². The summed E-state index contributed by atoms with van der Waals surface area (Å²) in [7, 11) is 0. The van der Waals surface area contributed by atoms with Gasteiger partial charge in [0, 0.05) is 30.2 Å². The molecular formula is C23H20OS4. The normalized spacial score (nSPS) is 10.6. The van der Waals surface area contributed by atoms with E-state index in [2.05, 4.69) is 73.5 Å². The highest BCUT2D eigenvalue weighted by Gasteiger charge is 2.07. The molecule has 3 aromatic carbocycles. The second-order valence-electron chi connectivity index (χ2n) is 5.77. The van der Waals surface area contributed by atoms with E-state index in [-0.39, 0.29) is 5.12 Å². The molecule has 0 amide bonds. The average Bonchev–Trinajstić information content (AvgIpc) is 2.75. The molecule has 0 spiro atoms. The maximum atomic E-state index is 11.5. The Kier molecular flexibility index (Phi) is 8.22. The number of carbonyl (C=O) groups is 1. The van der Waals surface area contributed by atoms with Gasteiger partial charge in [0.2, 0.25) is 5.12 Å². The van der Waals surface area contributed by atoms with Crippen molar-refractivity contribution in [2.75, 3.05) is 6.26 Å². The molecule has 1 nitrogen and oxygen atoms in total. The minimum atomic E-state index is 0.00624. The first-order valence-corrected chi connectivity index (χ1v) is 12.5. The van der Waals surface area contributed by atoms with Gasteiger partial charge in [0.1, 0.15) is 0 Å². The van der Waals surface area contributed by atoms with Crippen LogP contribution in [0.4, 0.5) is 0 Å². The van der Waals surface area contributed by atoms with E-state index in [0.717, 1.165) is 0 Å². The molecule has 0 fully saturated rings. The van der Waals surface area contributed by atoms with Crippen molar-refractivity contribution in [3.05, 3.63) is 91.0 Å². The Morgan fingerprint density at radius 1 is 0.821 bits per heavy atom. The summed E-state index contributed by atoms with van der Waals surface area (Å²) in [6.45, 7) is 3.53. The minimum absolute atomic E-state index is 0.00624. The Bertz CT molecular complexity index is 934. The molecule has 0 radical (unpaired) electrons. The third-order valence-corrected chi connectivity index (χ3v) is 7.65. The molecular weight excluding hydrogens is 421 g/mol. The van der Waals surface area contributed by atoms with E-state index in [9.17, 15) is 4.79 Å². The van der Waals surface area contributed by atoms with E-state index >= 15 is 0 Å². The van der Waals surface area contributed by atoms with Crippen molar-refractivity contribution in [2.45, 2.75) is 30.2 Å². The van der Waals surface area contributed by atoms with E-state index < -0.39 is 0 Å². The average molecular weight is 441 g/mol. The lowest BCUT2D eigenvalue weighted by Gasteiger charge is -2.09. The van der Waals surface area contributed by atoms with Crippen molar-refractivity contribution in [3.63, 3.8) is 0 Å². The largest absolute Gasteiger partial charge is 0.282 e. The number of rotatable bonds is 8. The summed E-state index contributed by atoms with van der Waals surface area (Å²) < 4.78 is 0. The van der Waals surface area contributed by atoms with Gasteiger partial charge in [-0.1, -0.05) is 60.1 Å². The van der Waals surface area contributed by atoms with Gasteiger partial charge in [-0.3, -0.25) is 4.79 Å². The van der Waals surface area contributed by atoms with Gasteiger partial charge in [0.15, 0.2) is 0 Å². The van der Waals surface area contributed by atoms with Crippen molar-refractivity contribution in [1.82, 2.24) is 0 Å². The summed E-state index contributed by atoms with van der Waals surface area (Å²) in [5.41, 5.74) is 1.17. The predicted octanol–water partition coefficient (Wildman–Crippen LogP) is 7.66. The van der Waals surface area contributed by atoms with Crippen LogP contribution in [0.15, 0.2) is 110 Å². The third kappa shape index (κ3) is 6.24. The van der Waals surface area contributed by atoms with E-state index in [1.165, 1.54) is 47.9 Å². The first-order chi connectivity index (χ1) is 13.7. The second kappa shape index (κ2) is 10.9. The highest BCUT2D eigenvalue weighted by atomic mass is 32.2. The molecule has 0 aliphatic rings. The van der Waals surface area contributed by atoms with Crippen LogP contribution in [0, 0.1) is 0 Å². The fourth-order valence-corrected chi connectivity index (χ4v) is 5.34. The van der Waals surface area contributed by atoms with Crippen LogP contribution in [0.25, 0.3) is 0 Å². The summed E-state index contributed by atoms with van der Waals surface area (Å²) in [5.74, 6) is 0.661. The van der Waals surface area contributed by atoms with Crippen LogP contribution in [0.2, 0.25) is 0 Å².